The van der Waals surface area contributed by atoms with Crippen molar-refractivity contribution < 1.29 is 9.53 Å². The van der Waals surface area contributed by atoms with Crippen molar-refractivity contribution in [2.24, 2.45) is 0 Å². The van der Waals surface area contributed by atoms with Crippen LogP contribution in [0.4, 0.5) is 5.69 Å². The highest BCUT2D eigenvalue weighted by molar-refractivity contribution is 6.35. The van der Waals surface area contributed by atoms with Crippen molar-refractivity contribution in [1.82, 2.24) is 0 Å². The smallest absolute Gasteiger partial charge is 0.265 e. The Morgan fingerprint density at radius 1 is 1.17 bits per heavy atom. The molecule has 0 radical (unpaired) electrons. The fourth-order valence-corrected chi connectivity index (χ4v) is 2.30. The summed E-state index contributed by atoms with van der Waals surface area (Å²) in [6.45, 7) is 1.57. The van der Waals surface area contributed by atoms with Gasteiger partial charge < -0.3 is 10.1 Å². The number of nitrogens with one attached hydrogen (secondary N) is 1. The topological polar surface area (TPSA) is 62.1 Å². The normalized spacial score (nSPS) is 11.4. The van der Waals surface area contributed by atoms with Crippen LogP contribution < -0.4 is 10.1 Å². The summed E-state index contributed by atoms with van der Waals surface area (Å²) >= 11 is 17.9. The standard InChI is InChI=1S/C16H11Cl3N2O2/c1-9(23-15-5-2-10(8-20)6-13(15)19)16(22)21-14-7-11(17)3-4-12(14)18/h2-7,9H,1H3,(H,21,22)/t9-/m1/s1. The molecule has 0 aliphatic rings. The molecule has 118 valence electrons. The lowest BCUT2D eigenvalue weighted by Crippen LogP contribution is -2.30. The lowest BCUT2D eigenvalue weighted by atomic mass is 10.2. The number of ether oxygens (including phenoxy) is 1. The van der Waals surface area contributed by atoms with Crippen LogP contribution in [0.15, 0.2) is 36.4 Å². The maximum absolute atomic E-state index is 12.2. The molecule has 1 amide bonds. The molecule has 2 aromatic rings. The molecule has 0 bridgehead atoms. The molecule has 0 aromatic heterocycles. The summed E-state index contributed by atoms with van der Waals surface area (Å²) in [5, 5.41) is 12.5. The van der Waals surface area contributed by atoms with Crippen molar-refractivity contribution >= 4 is 46.4 Å². The van der Waals surface area contributed by atoms with Crippen LogP contribution in [0.2, 0.25) is 15.1 Å². The summed E-state index contributed by atoms with van der Waals surface area (Å²) in [4.78, 5) is 12.2. The van der Waals surface area contributed by atoms with E-state index in [0.717, 1.165) is 0 Å². The van der Waals surface area contributed by atoms with Gasteiger partial charge in [-0.1, -0.05) is 34.8 Å². The predicted molar refractivity (Wildman–Crippen MR) is 91.3 cm³/mol. The Hall–Kier alpha value is -1.93. The first-order valence-electron chi connectivity index (χ1n) is 6.53. The number of hydrogen-bond donors (Lipinski definition) is 1. The number of benzene rings is 2. The molecule has 0 fully saturated rings. The fourth-order valence-electron chi connectivity index (χ4n) is 1.74. The van der Waals surface area contributed by atoms with Crippen molar-refractivity contribution in [1.29, 1.82) is 5.26 Å². The van der Waals surface area contributed by atoms with Crippen molar-refractivity contribution in [3.63, 3.8) is 0 Å². The molecule has 0 saturated carbocycles. The molecular weight excluding hydrogens is 359 g/mol. The SMILES string of the molecule is C[C@@H](Oc1ccc(C#N)cc1Cl)C(=O)Nc1cc(Cl)ccc1Cl. The van der Waals surface area contributed by atoms with E-state index in [9.17, 15) is 4.79 Å². The van der Waals surface area contributed by atoms with Crippen molar-refractivity contribution in [2.75, 3.05) is 5.32 Å². The van der Waals surface area contributed by atoms with Gasteiger partial charge in [0.25, 0.3) is 5.91 Å². The third-order valence-electron chi connectivity index (χ3n) is 2.92. The van der Waals surface area contributed by atoms with E-state index in [2.05, 4.69) is 5.32 Å². The van der Waals surface area contributed by atoms with Crippen molar-refractivity contribution in [2.45, 2.75) is 13.0 Å². The number of hydrogen-bond acceptors (Lipinski definition) is 3. The Balaban J connectivity index is 2.08. The molecular formula is C16H11Cl3N2O2. The molecule has 0 aliphatic carbocycles. The van der Waals surface area contributed by atoms with E-state index in [1.807, 2.05) is 6.07 Å². The molecule has 0 saturated heterocycles. The zero-order valence-corrected chi connectivity index (χ0v) is 14.2. The van der Waals surface area contributed by atoms with E-state index in [1.165, 1.54) is 12.1 Å². The van der Waals surface area contributed by atoms with E-state index >= 15 is 0 Å². The van der Waals surface area contributed by atoms with Crippen LogP contribution in [0.1, 0.15) is 12.5 Å². The van der Waals surface area contributed by atoms with Gasteiger partial charge in [0.2, 0.25) is 0 Å². The van der Waals surface area contributed by atoms with Gasteiger partial charge in [0, 0.05) is 5.02 Å². The molecule has 0 heterocycles. The Morgan fingerprint density at radius 2 is 1.91 bits per heavy atom. The monoisotopic (exact) mass is 368 g/mol. The molecule has 0 spiro atoms. The van der Waals surface area contributed by atoms with Gasteiger partial charge in [-0.15, -0.1) is 0 Å². The number of anilines is 1. The zero-order valence-electron chi connectivity index (χ0n) is 11.9. The van der Waals surface area contributed by atoms with Gasteiger partial charge in [-0.05, 0) is 43.3 Å². The van der Waals surface area contributed by atoms with Gasteiger partial charge in [-0.3, -0.25) is 4.79 Å². The van der Waals surface area contributed by atoms with Gasteiger partial charge in [0.15, 0.2) is 6.10 Å². The number of nitrogens with zero attached hydrogens (tertiary/aromatic N) is 1. The number of halogens is 3. The van der Waals surface area contributed by atoms with Gasteiger partial charge >= 0.3 is 0 Å². The van der Waals surface area contributed by atoms with Gasteiger partial charge in [0.1, 0.15) is 5.75 Å². The molecule has 4 nitrogen and oxygen atoms in total. The molecule has 2 rings (SSSR count). The Kier molecular flexibility index (Phi) is 5.73. The zero-order chi connectivity index (χ0) is 17.0. The molecule has 0 unspecified atom stereocenters. The van der Waals surface area contributed by atoms with Crippen molar-refractivity contribution in [3.05, 3.63) is 57.0 Å². The van der Waals surface area contributed by atoms with E-state index in [0.29, 0.717) is 27.0 Å². The summed E-state index contributed by atoms with van der Waals surface area (Å²) in [6.07, 6.45) is -0.824. The number of carbonyl (C=O) groups excluding carboxylic acids is 1. The fraction of sp³-hybridized carbons (Fsp3) is 0.125. The van der Waals surface area contributed by atoms with E-state index in [-0.39, 0.29) is 5.02 Å². The molecule has 0 aliphatic heterocycles. The van der Waals surface area contributed by atoms with Gasteiger partial charge in [0.05, 0.1) is 27.4 Å². The van der Waals surface area contributed by atoms with Crippen LogP contribution in [-0.2, 0) is 4.79 Å². The number of rotatable bonds is 4. The summed E-state index contributed by atoms with van der Waals surface area (Å²) in [5.41, 5.74) is 0.802. The van der Waals surface area contributed by atoms with Crippen LogP contribution in [-0.4, -0.2) is 12.0 Å². The summed E-state index contributed by atoms with van der Waals surface area (Å²) < 4.78 is 5.52. The number of amides is 1. The first-order valence-corrected chi connectivity index (χ1v) is 7.66. The minimum absolute atomic E-state index is 0.254. The Bertz CT molecular complexity index is 787. The third kappa shape index (κ3) is 4.52. The van der Waals surface area contributed by atoms with Crippen LogP contribution in [0.25, 0.3) is 0 Å². The van der Waals surface area contributed by atoms with E-state index in [1.54, 1.807) is 31.2 Å². The summed E-state index contributed by atoms with van der Waals surface area (Å²) in [7, 11) is 0. The number of nitriles is 1. The Labute approximate surface area is 148 Å². The lowest BCUT2D eigenvalue weighted by Gasteiger charge is -2.16. The molecule has 23 heavy (non-hydrogen) atoms. The maximum atomic E-state index is 12.2. The van der Waals surface area contributed by atoms with Crippen LogP contribution in [0, 0.1) is 11.3 Å². The van der Waals surface area contributed by atoms with Crippen LogP contribution in [0.3, 0.4) is 0 Å². The second-order valence-corrected chi connectivity index (χ2v) is 5.88. The molecule has 1 atom stereocenters. The first kappa shape index (κ1) is 17.4. The minimum atomic E-state index is -0.824. The van der Waals surface area contributed by atoms with Gasteiger partial charge in [-0.2, -0.15) is 5.26 Å². The maximum Gasteiger partial charge on any atom is 0.265 e. The third-order valence-corrected chi connectivity index (χ3v) is 3.78. The van der Waals surface area contributed by atoms with E-state index < -0.39 is 12.0 Å². The molecule has 7 heteroatoms. The molecule has 2 aromatic carbocycles. The highest BCUT2D eigenvalue weighted by Gasteiger charge is 2.17. The minimum Gasteiger partial charge on any atom is -0.479 e. The van der Waals surface area contributed by atoms with E-state index in [4.69, 9.17) is 44.8 Å². The first-order chi connectivity index (χ1) is 10.9. The molecule has 1 N–H and O–H groups in total. The Morgan fingerprint density at radius 3 is 2.57 bits per heavy atom. The summed E-state index contributed by atoms with van der Waals surface area (Å²) in [5.74, 6) is -0.0971. The average Bonchev–Trinajstić information content (AvgIpc) is 2.52. The highest BCUT2D eigenvalue weighted by Crippen LogP contribution is 2.28. The van der Waals surface area contributed by atoms with Crippen LogP contribution in [0.5, 0.6) is 5.75 Å². The largest absolute Gasteiger partial charge is 0.479 e. The summed E-state index contributed by atoms with van der Waals surface area (Å²) in [6, 6.07) is 11.3. The van der Waals surface area contributed by atoms with Gasteiger partial charge in [-0.25, -0.2) is 0 Å². The highest BCUT2D eigenvalue weighted by atomic mass is 35.5. The second-order valence-electron chi connectivity index (χ2n) is 4.63. The average molecular weight is 370 g/mol. The quantitative estimate of drug-likeness (QED) is 0.831. The predicted octanol–water partition coefficient (Wildman–Crippen LogP) is 4.92. The second kappa shape index (κ2) is 7.56. The van der Waals surface area contributed by atoms with Crippen molar-refractivity contribution in [3.8, 4) is 11.8 Å². The lowest BCUT2D eigenvalue weighted by molar-refractivity contribution is -0.122. The van der Waals surface area contributed by atoms with Crippen LogP contribution >= 0.6 is 34.8 Å². The number of carbonyl (C=O) groups is 1.